The van der Waals surface area contributed by atoms with Crippen LogP contribution >= 0.6 is 0 Å². The Hall–Kier alpha value is -3.40. The average Bonchev–Trinajstić information content (AvgIpc) is 3.05. The highest BCUT2D eigenvalue weighted by molar-refractivity contribution is 6.10. The molecule has 1 aromatic heterocycles. The van der Waals surface area contributed by atoms with Crippen LogP contribution in [-0.4, -0.2) is 16.3 Å². The second kappa shape index (κ2) is 7.69. The fraction of sp³-hybridized carbons (Fsp3) is 0.167. The minimum Gasteiger partial charge on any atom is -0.341 e. The van der Waals surface area contributed by atoms with E-state index in [1.54, 1.807) is 12.1 Å². The van der Waals surface area contributed by atoms with Crippen molar-refractivity contribution in [3.63, 3.8) is 0 Å². The quantitative estimate of drug-likeness (QED) is 0.461. The van der Waals surface area contributed by atoms with Crippen molar-refractivity contribution in [2.24, 2.45) is 0 Å². The van der Waals surface area contributed by atoms with Crippen LogP contribution in [0.1, 0.15) is 30.1 Å². The number of nitrogens with one attached hydrogen (secondary N) is 1. The molecule has 0 spiro atoms. The SMILES string of the molecule is CCn1c2ccccc2c2cc(NC(=O)CCC(=O)c3ccccc3)ccc21. The molecule has 4 rings (SSSR count). The lowest BCUT2D eigenvalue weighted by Crippen LogP contribution is -2.13. The van der Waals surface area contributed by atoms with Crippen LogP contribution in [0.3, 0.4) is 0 Å². The molecule has 1 N–H and O–H groups in total. The summed E-state index contributed by atoms with van der Waals surface area (Å²) >= 11 is 0. The maximum atomic E-state index is 12.3. The maximum Gasteiger partial charge on any atom is 0.224 e. The summed E-state index contributed by atoms with van der Waals surface area (Å²) in [6.07, 6.45) is 0.371. The molecule has 4 aromatic rings. The van der Waals surface area contributed by atoms with Crippen LogP contribution in [0, 0.1) is 0 Å². The summed E-state index contributed by atoms with van der Waals surface area (Å²) in [4.78, 5) is 24.5. The first-order chi connectivity index (χ1) is 13.7. The van der Waals surface area contributed by atoms with E-state index < -0.39 is 0 Å². The summed E-state index contributed by atoms with van der Waals surface area (Å²) in [6, 6.07) is 23.4. The van der Waals surface area contributed by atoms with Crippen LogP contribution in [0.5, 0.6) is 0 Å². The highest BCUT2D eigenvalue weighted by atomic mass is 16.2. The number of nitrogens with zero attached hydrogens (tertiary/aromatic N) is 1. The number of Topliss-reactive ketones (excluding diaryl/α,β-unsaturated/α-hetero) is 1. The number of aryl methyl sites for hydroxylation is 1. The number of anilines is 1. The molecule has 4 heteroatoms. The van der Waals surface area contributed by atoms with E-state index in [1.165, 1.54) is 10.9 Å². The second-order valence-electron chi connectivity index (χ2n) is 6.83. The molecule has 0 fully saturated rings. The molecule has 28 heavy (non-hydrogen) atoms. The summed E-state index contributed by atoms with van der Waals surface area (Å²) in [5.74, 6) is -0.167. The van der Waals surface area contributed by atoms with Crippen LogP contribution in [0.4, 0.5) is 5.69 Å². The number of ketones is 1. The molecule has 0 unspecified atom stereocenters. The van der Waals surface area contributed by atoms with Crippen molar-refractivity contribution in [1.82, 2.24) is 4.57 Å². The lowest BCUT2D eigenvalue weighted by atomic mass is 10.1. The third kappa shape index (κ3) is 3.41. The monoisotopic (exact) mass is 370 g/mol. The van der Waals surface area contributed by atoms with Crippen molar-refractivity contribution in [3.8, 4) is 0 Å². The molecule has 140 valence electrons. The normalized spacial score (nSPS) is 11.0. The van der Waals surface area contributed by atoms with Crippen molar-refractivity contribution in [1.29, 1.82) is 0 Å². The Bertz CT molecular complexity index is 1160. The van der Waals surface area contributed by atoms with Gasteiger partial charge in [-0.25, -0.2) is 0 Å². The van der Waals surface area contributed by atoms with E-state index in [9.17, 15) is 9.59 Å². The Labute approximate surface area is 163 Å². The molecule has 3 aromatic carbocycles. The van der Waals surface area contributed by atoms with Crippen molar-refractivity contribution < 1.29 is 9.59 Å². The van der Waals surface area contributed by atoms with Gasteiger partial charge in [0, 0.05) is 52.4 Å². The van der Waals surface area contributed by atoms with Gasteiger partial charge in [0.2, 0.25) is 5.91 Å². The Morgan fingerprint density at radius 2 is 1.54 bits per heavy atom. The average molecular weight is 370 g/mol. The highest BCUT2D eigenvalue weighted by Gasteiger charge is 2.12. The number of aromatic nitrogens is 1. The largest absolute Gasteiger partial charge is 0.341 e. The van der Waals surface area contributed by atoms with E-state index >= 15 is 0 Å². The van der Waals surface area contributed by atoms with Gasteiger partial charge in [-0.15, -0.1) is 0 Å². The molecule has 0 aliphatic rings. The van der Waals surface area contributed by atoms with Crippen LogP contribution in [-0.2, 0) is 11.3 Å². The first kappa shape index (κ1) is 18.0. The van der Waals surface area contributed by atoms with E-state index in [-0.39, 0.29) is 24.5 Å². The van der Waals surface area contributed by atoms with Gasteiger partial charge in [0.05, 0.1) is 0 Å². The summed E-state index contributed by atoms with van der Waals surface area (Å²) < 4.78 is 2.27. The molecule has 1 heterocycles. The molecule has 1 amide bonds. The van der Waals surface area contributed by atoms with Gasteiger partial charge in [-0.05, 0) is 31.2 Å². The number of benzene rings is 3. The minimum absolute atomic E-state index is 0.0165. The zero-order chi connectivity index (χ0) is 19.5. The lowest BCUT2D eigenvalue weighted by molar-refractivity contribution is -0.116. The highest BCUT2D eigenvalue weighted by Crippen LogP contribution is 2.31. The van der Waals surface area contributed by atoms with Gasteiger partial charge in [-0.2, -0.15) is 0 Å². The lowest BCUT2D eigenvalue weighted by Gasteiger charge is -2.07. The van der Waals surface area contributed by atoms with E-state index in [0.717, 1.165) is 23.1 Å². The van der Waals surface area contributed by atoms with Gasteiger partial charge in [-0.3, -0.25) is 9.59 Å². The van der Waals surface area contributed by atoms with Crippen molar-refractivity contribution >= 4 is 39.2 Å². The fourth-order valence-corrected chi connectivity index (χ4v) is 3.69. The van der Waals surface area contributed by atoms with Crippen LogP contribution in [0.25, 0.3) is 21.8 Å². The van der Waals surface area contributed by atoms with Crippen molar-refractivity contribution in [2.75, 3.05) is 5.32 Å². The molecular formula is C24H22N2O2. The molecule has 0 saturated carbocycles. The predicted octanol–water partition coefficient (Wildman–Crippen LogP) is 5.42. The number of carbonyl (C=O) groups excluding carboxylic acids is 2. The third-order valence-corrected chi connectivity index (χ3v) is 5.05. The van der Waals surface area contributed by atoms with E-state index in [2.05, 4.69) is 28.9 Å². The summed E-state index contributed by atoms with van der Waals surface area (Å²) in [6.45, 7) is 3.02. The number of fused-ring (bicyclic) bond motifs is 3. The Kier molecular flexibility index (Phi) is 4.94. The summed E-state index contributed by atoms with van der Waals surface area (Å²) in [5, 5.41) is 5.23. The van der Waals surface area contributed by atoms with Gasteiger partial charge >= 0.3 is 0 Å². The summed E-state index contributed by atoms with van der Waals surface area (Å²) in [7, 11) is 0. The number of hydrogen-bond donors (Lipinski definition) is 1. The first-order valence-electron chi connectivity index (χ1n) is 9.56. The van der Waals surface area contributed by atoms with E-state index in [1.807, 2.05) is 48.5 Å². The smallest absolute Gasteiger partial charge is 0.224 e. The standard InChI is InChI=1S/C24H22N2O2/c1-2-26-21-11-7-6-10-19(21)20-16-18(12-13-22(20)26)25-24(28)15-14-23(27)17-8-4-3-5-9-17/h3-13,16H,2,14-15H2,1H3,(H,25,28). The topological polar surface area (TPSA) is 51.1 Å². The molecule has 0 aliphatic heterocycles. The number of carbonyl (C=O) groups is 2. The second-order valence-corrected chi connectivity index (χ2v) is 6.83. The zero-order valence-electron chi connectivity index (χ0n) is 15.8. The van der Waals surface area contributed by atoms with Gasteiger partial charge in [0.25, 0.3) is 0 Å². The number of hydrogen-bond acceptors (Lipinski definition) is 2. The van der Waals surface area contributed by atoms with Crippen LogP contribution in [0.2, 0.25) is 0 Å². The molecule has 0 atom stereocenters. The van der Waals surface area contributed by atoms with Gasteiger partial charge < -0.3 is 9.88 Å². The fourth-order valence-electron chi connectivity index (χ4n) is 3.69. The number of para-hydroxylation sites is 1. The van der Waals surface area contributed by atoms with Crippen LogP contribution < -0.4 is 5.32 Å². The van der Waals surface area contributed by atoms with Gasteiger partial charge in [0.1, 0.15) is 0 Å². The van der Waals surface area contributed by atoms with E-state index in [0.29, 0.717) is 5.56 Å². The number of amides is 1. The minimum atomic E-state index is -0.150. The van der Waals surface area contributed by atoms with Crippen LogP contribution in [0.15, 0.2) is 72.8 Å². The third-order valence-electron chi connectivity index (χ3n) is 5.05. The molecule has 0 aliphatic carbocycles. The maximum absolute atomic E-state index is 12.3. The zero-order valence-corrected chi connectivity index (χ0v) is 15.8. The Morgan fingerprint density at radius 3 is 2.32 bits per heavy atom. The Balaban J connectivity index is 1.51. The van der Waals surface area contributed by atoms with Crippen molar-refractivity contribution in [3.05, 3.63) is 78.4 Å². The number of rotatable bonds is 6. The molecule has 4 nitrogen and oxygen atoms in total. The predicted molar refractivity (Wildman–Crippen MR) is 114 cm³/mol. The molecule has 0 bridgehead atoms. The molecule has 0 saturated heterocycles. The Morgan fingerprint density at radius 1 is 0.821 bits per heavy atom. The van der Waals surface area contributed by atoms with Gasteiger partial charge in [-0.1, -0.05) is 48.5 Å². The van der Waals surface area contributed by atoms with E-state index in [4.69, 9.17) is 0 Å². The molecular weight excluding hydrogens is 348 g/mol. The summed E-state index contributed by atoms with van der Waals surface area (Å²) in [5.41, 5.74) is 3.74. The first-order valence-corrected chi connectivity index (χ1v) is 9.56. The van der Waals surface area contributed by atoms with Gasteiger partial charge in [0.15, 0.2) is 5.78 Å². The van der Waals surface area contributed by atoms with Crippen molar-refractivity contribution in [2.45, 2.75) is 26.3 Å². The molecule has 0 radical (unpaired) electrons.